The van der Waals surface area contributed by atoms with Crippen molar-refractivity contribution in [3.05, 3.63) is 40.4 Å². The van der Waals surface area contributed by atoms with E-state index in [1.165, 1.54) is 6.08 Å². The number of carbonyl (C=O) groups is 1. The lowest BCUT2D eigenvalue weighted by molar-refractivity contribution is -0.115. The fourth-order valence-electron chi connectivity index (χ4n) is 1.33. The van der Waals surface area contributed by atoms with Gasteiger partial charge in [-0.2, -0.15) is 0 Å². The van der Waals surface area contributed by atoms with Crippen LogP contribution in [0.15, 0.2) is 39.8 Å². The molecule has 0 saturated heterocycles. The number of aliphatic imine (C=N–C) groups is 1. The molecule has 88 valence electrons. The van der Waals surface area contributed by atoms with E-state index in [2.05, 4.69) is 26.2 Å². The van der Waals surface area contributed by atoms with Crippen molar-refractivity contribution in [2.45, 2.75) is 0 Å². The number of benzene rings is 1. The molecule has 0 radical (unpaired) electrons. The second-order valence-electron chi connectivity index (χ2n) is 3.38. The zero-order valence-electron chi connectivity index (χ0n) is 9.02. The zero-order valence-corrected chi connectivity index (χ0v) is 11.4. The number of halogens is 1. The second-order valence-corrected chi connectivity index (χ2v) is 5.32. The van der Waals surface area contributed by atoms with Crippen LogP contribution in [0.2, 0.25) is 0 Å². The number of thioether (sulfide) groups is 1. The van der Waals surface area contributed by atoms with E-state index < -0.39 is 0 Å². The van der Waals surface area contributed by atoms with Gasteiger partial charge in [0.1, 0.15) is 0 Å². The number of hydrogen-bond donors (Lipinski definition) is 1. The normalized spacial score (nSPS) is 15.0. The fourth-order valence-corrected chi connectivity index (χ4v) is 2.48. The van der Waals surface area contributed by atoms with Crippen LogP contribution in [0.1, 0.15) is 5.56 Å². The summed E-state index contributed by atoms with van der Waals surface area (Å²) in [6.07, 6.45) is 3.29. The first kappa shape index (κ1) is 12.4. The Hall–Kier alpha value is -1.07. The number of nitrogens with zero attached hydrogens (tertiary/aromatic N) is 1. The van der Waals surface area contributed by atoms with Gasteiger partial charge >= 0.3 is 0 Å². The van der Waals surface area contributed by atoms with Gasteiger partial charge in [0.25, 0.3) is 0 Å². The molecule has 0 atom stereocenters. The molecule has 2 rings (SSSR count). The summed E-state index contributed by atoms with van der Waals surface area (Å²) in [6.45, 7) is 0.786. The van der Waals surface area contributed by atoms with Crippen LogP contribution in [0.5, 0.6) is 0 Å². The third-order valence-electron chi connectivity index (χ3n) is 2.14. The minimum Gasteiger partial charge on any atom is -0.302 e. The van der Waals surface area contributed by atoms with Crippen LogP contribution in [0.3, 0.4) is 0 Å². The van der Waals surface area contributed by atoms with Crippen LogP contribution in [0, 0.1) is 0 Å². The third kappa shape index (κ3) is 3.71. The molecule has 1 heterocycles. The van der Waals surface area contributed by atoms with Crippen LogP contribution in [-0.2, 0) is 4.79 Å². The minimum absolute atomic E-state index is 0.145. The van der Waals surface area contributed by atoms with Crippen molar-refractivity contribution in [3.8, 4) is 0 Å². The number of amidine groups is 1. The van der Waals surface area contributed by atoms with Crippen molar-refractivity contribution in [3.63, 3.8) is 0 Å². The Morgan fingerprint density at radius 2 is 2.29 bits per heavy atom. The molecule has 5 heteroatoms. The molecule has 0 fully saturated rings. The Labute approximate surface area is 113 Å². The Kier molecular flexibility index (Phi) is 4.39. The van der Waals surface area contributed by atoms with E-state index in [-0.39, 0.29) is 5.91 Å². The Morgan fingerprint density at radius 1 is 1.47 bits per heavy atom. The van der Waals surface area contributed by atoms with E-state index >= 15 is 0 Å². The first-order valence-corrected chi connectivity index (χ1v) is 6.94. The van der Waals surface area contributed by atoms with E-state index in [4.69, 9.17) is 0 Å². The highest BCUT2D eigenvalue weighted by Crippen LogP contribution is 2.17. The van der Waals surface area contributed by atoms with Crippen molar-refractivity contribution in [1.29, 1.82) is 0 Å². The standard InChI is InChI=1S/C12H11BrN2OS/c13-10-4-2-1-3-9(10)5-6-11(16)15-12-14-7-8-17-12/h1-6H,7-8H2,(H,14,15,16)/b6-5+. The average Bonchev–Trinajstić information content (AvgIpc) is 2.81. The van der Waals surface area contributed by atoms with E-state index in [0.717, 1.165) is 22.3 Å². The molecule has 1 aliphatic rings. The number of carbonyl (C=O) groups excluding carboxylic acids is 1. The van der Waals surface area contributed by atoms with Gasteiger partial charge in [-0.25, -0.2) is 0 Å². The Morgan fingerprint density at radius 3 is 3.00 bits per heavy atom. The number of nitrogens with one attached hydrogen (secondary N) is 1. The van der Waals surface area contributed by atoms with Crippen LogP contribution in [-0.4, -0.2) is 23.4 Å². The lowest BCUT2D eigenvalue weighted by Crippen LogP contribution is -2.25. The number of rotatable bonds is 2. The van der Waals surface area contributed by atoms with E-state index in [1.807, 2.05) is 24.3 Å². The summed E-state index contributed by atoms with van der Waals surface area (Å²) in [5, 5.41) is 3.46. The maximum absolute atomic E-state index is 11.6. The Bertz CT molecular complexity index is 485. The fraction of sp³-hybridized carbons (Fsp3) is 0.167. The molecule has 0 aliphatic carbocycles. The molecule has 1 amide bonds. The number of hydrogen-bond acceptors (Lipinski definition) is 3. The van der Waals surface area contributed by atoms with Gasteiger partial charge in [-0.05, 0) is 17.7 Å². The average molecular weight is 311 g/mol. The monoisotopic (exact) mass is 310 g/mol. The van der Waals surface area contributed by atoms with Gasteiger partial charge in [0.05, 0.1) is 6.54 Å². The highest BCUT2D eigenvalue weighted by molar-refractivity contribution is 9.10. The van der Waals surface area contributed by atoms with E-state index in [9.17, 15) is 4.79 Å². The van der Waals surface area contributed by atoms with Gasteiger partial charge in [-0.3, -0.25) is 9.79 Å². The molecule has 1 aliphatic heterocycles. The summed E-state index contributed by atoms with van der Waals surface area (Å²) in [6, 6.07) is 7.74. The molecule has 0 aromatic heterocycles. The molecule has 0 spiro atoms. The molecule has 1 aromatic rings. The first-order valence-electron chi connectivity index (χ1n) is 5.16. The lowest BCUT2D eigenvalue weighted by atomic mass is 10.2. The maximum atomic E-state index is 11.6. The summed E-state index contributed by atoms with van der Waals surface area (Å²) >= 11 is 4.99. The van der Waals surface area contributed by atoms with Crippen LogP contribution in [0.25, 0.3) is 6.08 Å². The van der Waals surface area contributed by atoms with E-state index in [0.29, 0.717) is 5.17 Å². The van der Waals surface area contributed by atoms with Gasteiger partial charge < -0.3 is 5.32 Å². The van der Waals surface area contributed by atoms with Gasteiger partial charge in [0.2, 0.25) is 5.91 Å². The minimum atomic E-state index is -0.145. The van der Waals surface area contributed by atoms with E-state index in [1.54, 1.807) is 17.8 Å². The molecule has 0 unspecified atom stereocenters. The van der Waals surface area contributed by atoms with Crippen molar-refractivity contribution < 1.29 is 4.79 Å². The first-order chi connectivity index (χ1) is 8.25. The maximum Gasteiger partial charge on any atom is 0.249 e. The van der Waals surface area contributed by atoms with Crippen LogP contribution >= 0.6 is 27.7 Å². The van der Waals surface area contributed by atoms with Crippen molar-refractivity contribution in [1.82, 2.24) is 5.32 Å². The van der Waals surface area contributed by atoms with Crippen molar-refractivity contribution in [2.24, 2.45) is 4.99 Å². The summed E-state index contributed by atoms with van der Waals surface area (Å²) in [7, 11) is 0. The molecular weight excluding hydrogens is 300 g/mol. The van der Waals surface area contributed by atoms with Gasteiger partial charge in [-0.15, -0.1) is 0 Å². The highest BCUT2D eigenvalue weighted by Gasteiger charge is 2.08. The van der Waals surface area contributed by atoms with Gasteiger partial charge in [0.15, 0.2) is 5.17 Å². The number of amides is 1. The summed E-state index contributed by atoms with van der Waals surface area (Å²) in [5.74, 6) is 0.803. The van der Waals surface area contributed by atoms with Crippen molar-refractivity contribution >= 4 is 44.8 Å². The lowest BCUT2D eigenvalue weighted by Gasteiger charge is -1.99. The largest absolute Gasteiger partial charge is 0.302 e. The van der Waals surface area contributed by atoms with Crippen molar-refractivity contribution in [2.75, 3.05) is 12.3 Å². The molecule has 0 saturated carbocycles. The molecule has 1 aromatic carbocycles. The predicted molar refractivity (Wildman–Crippen MR) is 76.1 cm³/mol. The molecule has 17 heavy (non-hydrogen) atoms. The van der Waals surface area contributed by atoms with Crippen LogP contribution < -0.4 is 5.32 Å². The second kappa shape index (κ2) is 6.02. The quantitative estimate of drug-likeness (QED) is 0.853. The molecule has 0 bridgehead atoms. The molecular formula is C12H11BrN2OS. The third-order valence-corrected chi connectivity index (χ3v) is 3.75. The zero-order chi connectivity index (χ0) is 12.1. The molecule has 1 N–H and O–H groups in total. The molecule has 3 nitrogen and oxygen atoms in total. The topological polar surface area (TPSA) is 41.5 Å². The SMILES string of the molecule is O=C(/C=C/c1ccccc1Br)NC1=NCCS1. The summed E-state index contributed by atoms with van der Waals surface area (Å²) in [5.41, 5.74) is 0.976. The Balaban J connectivity index is 1.96. The van der Waals surface area contributed by atoms with Gasteiger partial charge in [0, 0.05) is 16.3 Å². The smallest absolute Gasteiger partial charge is 0.249 e. The predicted octanol–water partition coefficient (Wildman–Crippen LogP) is 2.68. The summed E-state index contributed by atoms with van der Waals surface area (Å²) < 4.78 is 0.969. The van der Waals surface area contributed by atoms with Crippen LogP contribution in [0.4, 0.5) is 0 Å². The highest BCUT2D eigenvalue weighted by atomic mass is 79.9. The summed E-state index contributed by atoms with van der Waals surface area (Å²) in [4.78, 5) is 15.7. The van der Waals surface area contributed by atoms with Gasteiger partial charge in [-0.1, -0.05) is 45.9 Å².